The molecule has 0 fully saturated rings. The second kappa shape index (κ2) is 11.4. The van der Waals surface area contributed by atoms with Gasteiger partial charge >= 0.3 is 0 Å². The quantitative estimate of drug-likeness (QED) is 0.297. The number of nitrogens with one attached hydrogen (secondary N) is 2. The highest BCUT2D eigenvalue weighted by molar-refractivity contribution is 7.99. The molecule has 4 rings (SSSR count). The van der Waals surface area contributed by atoms with E-state index in [4.69, 9.17) is 0 Å². The van der Waals surface area contributed by atoms with Gasteiger partial charge in [-0.25, -0.2) is 0 Å². The minimum Gasteiger partial charge on any atom is -0.345 e. The van der Waals surface area contributed by atoms with Gasteiger partial charge in [0, 0.05) is 5.56 Å². The Morgan fingerprint density at radius 3 is 2.37 bits per heavy atom. The SMILES string of the molecule is Cc1nnc(NC(=O)CSc2nnc(CNC(=O)c3ccc(C(C)(C)C)cc3)n2-c2cccc(C)c2C)s1. The molecular weight excluding hydrogens is 518 g/mol. The number of amides is 2. The first-order chi connectivity index (χ1) is 18.0. The summed E-state index contributed by atoms with van der Waals surface area (Å²) in [6, 6.07) is 13.6. The second-order valence-corrected chi connectivity index (χ2v) is 12.1. The van der Waals surface area contributed by atoms with Crippen molar-refractivity contribution in [3.05, 3.63) is 75.6 Å². The first kappa shape index (κ1) is 27.5. The number of carbonyl (C=O) groups excluding carboxylic acids is 2. The maximum atomic E-state index is 12.9. The molecule has 0 aliphatic carbocycles. The Labute approximate surface area is 230 Å². The van der Waals surface area contributed by atoms with E-state index in [0.29, 0.717) is 21.7 Å². The average Bonchev–Trinajstić information content (AvgIpc) is 3.47. The maximum absolute atomic E-state index is 12.9. The number of anilines is 1. The topological polar surface area (TPSA) is 115 Å². The van der Waals surface area contributed by atoms with E-state index in [1.165, 1.54) is 23.1 Å². The second-order valence-electron chi connectivity index (χ2n) is 9.93. The molecule has 9 nitrogen and oxygen atoms in total. The lowest BCUT2D eigenvalue weighted by atomic mass is 9.87. The van der Waals surface area contributed by atoms with Crippen molar-refractivity contribution in [3.63, 3.8) is 0 Å². The molecule has 4 aromatic rings. The Bertz CT molecular complexity index is 1450. The van der Waals surface area contributed by atoms with E-state index in [1.807, 2.05) is 67.8 Å². The third kappa shape index (κ3) is 6.46. The molecule has 0 aliphatic rings. The molecule has 0 saturated carbocycles. The molecular formula is C27H31N7O2S2. The summed E-state index contributed by atoms with van der Waals surface area (Å²) in [5.41, 5.74) is 4.83. The fourth-order valence-electron chi connectivity index (χ4n) is 3.74. The third-order valence-electron chi connectivity index (χ3n) is 6.04. The zero-order chi connectivity index (χ0) is 27.4. The average molecular weight is 550 g/mol. The lowest BCUT2D eigenvalue weighted by Crippen LogP contribution is -2.25. The van der Waals surface area contributed by atoms with Crippen LogP contribution in [0, 0.1) is 20.8 Å². The van der Waals surface area contributed by atoms with Gasteiger partial charge in [0.2, 0.25) is 11.0 Å². The van der Waals surface area contributed by atoms with Crippen molar-refractivity contribution in [2.24, 2.45) is 0 Å². The summed E-state index contributed by atoms with van der Waals surface area (Å²) in [7, 11) is 0. The smallest absolute Gasteiger partial charge is 0.251 e. The van der Waals surface area contributed by atoms with Crippen LogP contribution in [-0.4, -0.2) is 42.5 Å². The van der Waals surface area contributed by atoms with Gasteiger partial charge in [0.25, 0.3) is 5.91 Å². The Hall–Kier alpha value is -3.57. The predicted molar refractivity (Wildman–Crippen MR) is 151 cm³/mol. The first-order valence-electron chi connectivity index (χ1n) is 12.2. The van der Waals surface area contributed by atoms with E-state index in [-0.39, 0.29) is 29.5 Å². The Balaban J connectivity index is 1.53. The van der Waals surface area contributed by atoms with Crippen molar-refractivity contribution < 1.29 is 9.59 Å². The van der Waals surface area contributed by atoms with E-state index < -0.39 is 0 Å². The summed E-state index contributed by atoms with van der Waals surface area (Å²) in [6.45, 7) is 12.5. The number of hydrogen-bond donors (Lipinski definition) is 2. The van der Waals surface area contributed by atoms with Crippen molar-refractivity contribution in [2.75, 3.05) is 11.1 Å². The number of hydrogen-bond acceptors (Lipinski definition) is 8. The zero-order valence-electron chi connectivity index (χ0n) is 22.3. The van der Waals surface area contributed by atoms with Crippen LogP contribution in [0.5, 0.6) is 0 Å². The van der Waals surface area contributed by atoms with Gasteiger partial charge in [-0.05, 0) is 61.1 Å². The molecule has 2 aromatic heterocycles. The fourth-order valence-corrected chi connectivity index (χ4v) is 5.12. The fraction of sp³-hybridized carbons (Fsp3) is 0.333. The standard InChI is InChI=1S/C27H31N7O2S2/c1-16-8-7-9-21(17(16)2)34-22(14-28-24(36)19-10-12-20(13-11-19)27(4,5)6)31-33-26(34)37-15-23(35)29-25-32-30-18(3)38-25/h7-13H,14-15H2,1-6H3,(H,28,36)(H,29,32,35). The van der Waals surface area contributed by atoms with E-state index in [2.05, 4.69) is 51.8 Å². The van der Waals surface area contributed by atoms with Crippen molar-refractivity contribution in [1.82, 2.24) is 30.3 Å². The van der Waals surface area contributed by atoms with Gasteiger partial charge in [0.05, 0.1) is 18.0 Å². The molecule has 38 heavy (non-hydrogen) atoms. The van der Waals surface area contributed by atoms with Gasteiger partial charge in [-0.3, -0.25) is 19.5 Å². The normalized spacial score (nSPS) is 11.4. The zero-order valence-corrected chi connectivity index (χ0v) is 24.0. The van der Waals surface area contributed by atoms with Crippen LogP contribution in [0.25, 0.3) is 5.69 Å². The van der Waals surface area contributed by atoms with Crippen LogP contribution < -0.4 is 10.6 Å². The summed E-state index contributed by atoms with van der Waals surface area (Å²) in [5.74, 6) is 0.284. The van der Waals surface area contributed by atoms with Crippen molar-refractivity contribution in [2.45, 2.75) is 58.7 Å². The van der Waals surface area contributed by atoms with Gasteiger partial charge < -0.3 is 5.32 Å². The monoisotopic (exact) mass is 549 g/mol. The van der Waals surface area contributed by atoms with E-state index in [0.717, 1.165) is 27.4 Å². The van der Waals surface area contributed by atoms with E-state index in [1.54, 1.807) is 0 Å². The molecule has 0 aliphatic heterocycles. The summed E-state index contributed by atoms with van der Waals surface area (Å²) >= 11 is 2.58. The summed E-state index contributed by atoms with van der Waals surface area (Å²) < 4.78 is 1.90. The molecule has 0 bridgehead atoms. The molecule has 0 unspecified atom stereocenters. The minimum atomic E-state index is -0.213. The molecule has 2 heterocycles. The highest BCUT2D eigenvalue weighted by atomic mass is 32.2. The molecule has 2 N–H and O–H groups in total. The number of thioether (sulfide) groups is 1. The number of aryl methyl sites for hydroxylation is 2. The van der Waals surface area contributed by atoms with E-state index in [9.17, 15) is 9.59 Å². The Morgan fingerprint density at radius 1 is 0.974 bits per heavy atom. The lowest BCUT2D eigenvalue weighted by Gasteiger charge is -2.19. The molecule has 11 heteroatoms. The number of carbonyl (C=O) groups is 2. The molecule has 2 aromatic carbocycles. The van der Waals surface area contributed by atoms with Crippen molar-refractivity contribution in [3.8, 4) is 5.69 Å². The maximum Gasteiger partial charge on any atom is 0.251 e. The largest absolute Gasteiger partial charge is 0.345 e. The van der Waals surface area contributed by atoms with Gasteiger partial charge in [0.15, 0.2) is 11.0 Å². The van der Waals surface area contributed by atoms with Gasteiger partial charge in [-0.2, -0.15) is 0 Å². The molecule has 198 valence electrons. The van der Waals surface area contributed by atoms with Crippen molar-refractivity contribution in [1.29, 1.82) is 0 Å². The molecule has 0 saturated heterocycles. The summed E-state index contributed by atoms with van der Waals surface area (Å²) in [5, 5.41) is 24.1. The number of benzene rings is 2. The van der Waals surface area contributed by atoms with Crippen LogP contribution in [0.15, 0.2) is 47.6 Å². The third-order valence-corrected chi connectivity index (χ3v) is 7.73. The van der Waals surface area contributed by atoms with Crippen LogP contribution in [0.4, 0.5) is 5.13 Å². The van der Waals surface area contributed by atoms with Crippen LogP contribution >= 0.6 is 23.1 Å². The number of aromatic nitrogens is 5. The van der Waals surface area contributed by atoms with E-state index >= 15 is 0 Å². The molecule has 0 radical (unpaired) electrons. The molecule has 0 spiro atoms. The van der Waals surface area contributed by atoms with Crippen molar-refractivity contribution >= 4 is 40.0 Å². The van der Waals surface area contributed by atoms with Crippen LogP contribution in [-0.2, 0) is 16.8 Å². The summed E-state index contributed by atoms with van der Waals surface area (Å²) in [4.78, 5) is 25.4. The Morgan fingerprint density at radius 2 is 1.71 bits per heavy atom. The van der Waals surface area contributed by atoms with Gasteiger partial charge in [0.1, 0.15) is 5.01 Å². The van der Waals surface area contributed by atoms with Crippen LogP contribution in [0.2, 0.25) is 0 Å². The Kier molecular flexibility index (Phi) is 8.27. The molecule has 0 atom stereocenters. The highest BCUT2D eigenvalue weighted by Gasteiger charge is 2.20. The van der Waals surface area contributed by atoms with Gasteiger partial charge in [-0.1, -0.05) is 68.1 Å². The van der Waals surface area contributed by atoms with Crippen LogP contribution in [0.1, 0.15) is 58.7 Å². The van der Waals surface area contributed by atoms with Crippen LogP contribution in [0.3, 0.4) is 0 Å². The number of rotatable bonds is 8. The van der Waals surface area contributed by atoms with Gasteiger partial charge in [-0.15, -0.1) is 20.4 Å². The highest BCUT2D eigenvalue weighted by Crippen LogP contribution is 2.26. The number of nitrogens with zero attached hydrogens (tertiary/aromatic N) is 5. The first-order valence-corrected chi connectivity index (χ1v) is 14.0. The minimum absolute atomic E-state index is 0.0121. The lowest BCUT2D eigenvalue weighted by molar-refractivity contribution is -0.113. The predicted octanol–water partition coefficient (Wildman–Crippen LogP) is 5.00. The summed E-state index contributed by atoms with van der Waals surface area (Å²) in [6.07, 6.45) is 0. The molecule has 2 amide bonds.